The number of hydrogen-bond donors (Lipinski definition) is 1. The Labute approximate surface area is 88.4 Å². The quantitative estimate of drug-likeness (QED) is 0.751. The molecule has 0 radical (unpaired) electrons. The summed E-state index contributed by atoms with van der Waals surface area (Å²) in [5.41, 5.74) is 0. The lowest BCUT2D eigenvalue weighted by Crippen LogP contribution is -2.41. The van der Waals surface area contributed by atoms with Gasteiger partial charge in [0.25, 0.3) is 0 Å². The fourth-order valence-corrected chi connectivity index (χ4v) is 2.27. The molecule has 0 aromatic carbocycles. The Morgan fingerprint density at radius 2 is 1.93 bits per heavy atom. The first kappa shape index (κ1) is 12.0. The zero-order valence-corrected chi connectivity index (χ0v) is 10.0. The lowest BCUT2D eigenvalue weighted by atomic mass is 9.84. The second-order valence-electron chi connectivity index (χ2n) is 4.95. The van der Waals surface area contributed by atoms with Gasteiger partial charge in [0.15, 0.2) is 0 Å². The first-order chi connectivity index (χ1) is 6.61. The summed E-state index contributed by atoms with van der Waals surface area (Å²) < 4.78 is 5.53. The molecule has 0 aliphatic carbocycles. The van der Waals surface area contributed by atoms with Crippen molar-refractivity contribution in [2.24, 2.45) is 11.8 Å². The maximum absolute atomic E-state index is 5.53. The first-order valence-corrected chi connectivity index (χ1v) is 5.95. The fraction of sp³-hybridized carbons (Fsp3) is 1.00. The summed E-state index contributed by atoms with van der Waals surface area (Å²) in [5, 5.41) is 3.58. The highest BCUT2D eigenvalue weighted by Gasteiger charge is 2.24. The largest absolute Gasteiger partial charge is 0.381 e. The van der Waals surface area contributed by atoms with Gasteiger partial charge in [-0.3, -0.25) is 0 Å². The van der Waals surface area contributed by atoms with E-state index in [1.807, 2.05) is 0 Å². The number of rotatable bonds is 4. The minimum absolute atomic E-state index is 0.581. The van der Waals surface area contributed by atoms with Gasteiger partial charge in [-0.05, 0) is 31.6 Å². The zero-order chi connectivity index (χ0) is 10.6. The van der Waals surface area contributed by atoms with Gasteiger partial charge in [-0.2, -0.15) is 0 Å². The van der Waals surface area contributed by atoms with Crippen LogP contribution in [0.2, 0.25) is 0 Å². The van der Waals surface area contributed by atoms with E-state index in [9.17, 15) is 0 Å². The maximum atomic E-state index is 5.53. The Hall–Kier alpha value is -0.0800. The van der Waals surface area contributed by atoms with E-state index in [1.54, 1.807) is 0 Å². The second-order valence-corrected chi connectivity index (χ2v) is 4.95. The standard InChI is InChI=1S/C12H25NO/c1-9(2)13-11(4)10(3)12-6-5-7-14-8-12/h9-13H,5-8H2,1-4H3. The fourth-order valence-electron chi connectivity index (χ4n) is 2.27. The average molecular weight is 199 g/mol. The van der Waals surface area contributed by atoms with Crippen LogP contribution in [0.5, 0.6) is 0 Å². The minimum atomic E-state index is 0.581. The number of ether oxygens (including phenoxy) is 1. The summed E-state index contributed by atoms with van der Waals surface area (Å²) in [5.74, 6) is 1.47. The average Bonchev–Trinajstić information content (AvgIpc) is 2.17. The summed E-state index contributed by atoms with van der Waals surface area (Å²) in [6.07, 6.45) is 2.58. The van der Waals surface area contributed by atoms with E-state index < -0.39 is 0 Å². The zero-order valence-electron chi connectivity index (χ0n) is 10.0. The monoisotopic (exact) mass is 199 g/mol. The predicted octanol–water partition coefficient (Wildman–Crippen LogP) is 2.44. The molecular weight excluding hydrogens is 174 g/mol. The summed E-state index contributed by atoms with van der Waals surface area (Å²) in [4.78, 5) is 0. The first-order valence-electron chi connectivity index (χ1n) is 5.95. The van der Waals surface area contributed by atoms with Crippen molar-refractivity contribution in [3.8, 4) is 0 Å². The lowest BCUT2D eigenvalue weighted by Gasteiger charge is -2.33. The highest BCUT2D eigenvalue weighted by atomic mass is 16.5. The minimum Gasteiger partial charge on any atom is -0.381 e. The Bertz CT molecular complexity index is 152. The van der Waals surface area contributed by atoms with Crippen LogP contribution in [-0.4, -0.2) is 25.3 Å². The topological polar surface area (TPSA) is 21.3 Å². The molecule has 1 N–H and O–H groups in total. The Balaban J connectivity index is 2.33. The van der Waals surface area contributed by atoms with Crippen LogP contribution in [0.1, 0.15) is 40.5 Å². The third kappa shape index (κ3) is 3.58. The van der Waals surface area contributed by atoms with Crippen LogP contribution in [0.15, 0.2) is 0 Å². The normalized spacial score (nSPS) is 27.6. The van der Waals surface area contributed by atoms with Crippen LogP contribution in [0.4, 0.5) is 0 Å². The predicted molar refractivity (Wildman–Crippen MR) is 60.4 cm³/mol. The molecule has 3 unspecified atom stereocenters. The van der Waals surface area contributed by atoms with E-state index >= 15 is 0 Å². The van der Waals surface area contributed by atoms with E-state index in [0.29, 0.717) is 12.1 Å². The molecule has 14 heavy (non-hydrogen) atoms. The SMILES string of the molecule is CC(C)NC(C)C(C)C1CCCOC1. The van der Waals surface area contributed by atoms with E-state index in [4.69, 9.17) is 4.74 Å². The van der Waals surface area contributed by atoms with Gasteiger partial charge in [0.2, 0.25) is 0 Å². The van der Waals surface area contributed by atoms with Gasteiger partial charge in [-0.15, -0.1) is 0 Å². The molecule has 1 fully saturated rings. The Kier molecular flexibility index (Phi) is 4.90. The maximum Gasteiger partial charge on any atom is 0.0497 e. The smallest absolute Gasteiger partial charge is 0.0497 e. The van der Waals surface area contributed by atoms with E-state index in [1.165, 1.54) is 12.8 Å². The molecule has 1 heterocycles. The summed E-state index contributed by atoms with van der Waals surface area (Å²) in [7, 11) is 0. The van der Waals surface area contributed by atoms with Gasteiger partial charge >= 0.3 is 0 Å². The molecular formula is C12H25NO. The molecule has 84 valence electrons. The van der Waals surface area contributed by atoms with Crippen molar-refractivity contribution in [3.05, 3.63) is 0 Å². The molecule has 1 aliphatic rings. The van der Waals surface area contributed by atoms with Crippen LogP contribution in [0.25, 0.3) is 0 Å². The van der Waals surface area contributed by atoms with Crippen molar-refractivity contribution in [1.29, 1.82) is 0 Å². The Morgan fingerprint density at radius 1 is 1.21 bits per heavy atom. The lowest BCUT2D eigenvalue weighted by molar-refractivity contribution is 0.0268. The van der Waals surface area contributed by atoms with Crippen molar-refractivity contribution >= 4 is 0 Å². The van der Waals surface area contributed by atoms with Gasteiger partial charge in [0.1, 0.15) is 0 Å². The van der Waals surface area contributed by atoms with Crippen molar-refractivity contribution < 1.29 is 4.74 Å². The van der Waals surface area contributed by atoms with E-state index in [0.717, 1.165) is 25.0 Å². The molecule has 0 saturated carbocycles. The molecule has 0 bridgehead atoms. The van der Waals surface area contributed by atoms with Gasteiger partial charge in [-0.1, -0.05) is 20.8 Å². The molecule has 0 spiro atoms. The van der Waals surface area contributed by atoms with E-state index in [2.05, 4.69) is 33.0 Å². The number of hydrogen-bond acceptors (Lipinski definition) is 2. The Morgan fingerprint density at radius 3 is 2.43 bits per heavy atom. The van der Waals surface area contributed by atoms with Gasteiger partial charge in [0.05, 0.1) is 0 Å². The van der Waals surface area contributed by atoms with Crippen molar-refractivity contribution in [2.75, 3.05) is 13.2 Å². The van der Waals surface area contributed by atoms with Crippen LogP contribution >= 0.6 is 0 Å². The highest BCUT2D eigenvalue weighted by molar-refractivity contribution is 4.78. The molecule has 3 atom stereocenters. The number of nitrogens with one attached hydrogen (secondary N) is 1. The second kappa shape index (κ2) is 5.72. The summed E-state index contributed by atoms with van der Waals surface area (Å²) in [6, 6.07) is 1.18. The molecule has 0 aromatic rings. The molecule has 0 aromatic heterocycles. The van der Waals surface area contributed by atoms with Gasteiger partial charge < -0.3 is 10.1 Å². The van der Waals surface area contributed by atoms with Crippen molar-refractivity contribution in [2.45, 2.75) is 52.6 Å². The van der Waals surface area contributed by atoms with Crippen LogP contribution < -0.4 is 5.32 Å². The molecule has 1 saturated heterocycles. The third-order valence-electron chi connectivity index (χ3n) is 3.32. The van der Waals surface area contributed by atoms with Gasteiger partial charge in [-0.25, -0.2) is 0 Å². The highest BCUT2D eigenvalue weighted by Crippen LogP contribution is 2.24. The third-order valence-corrected chi connectivity index (χ3v) is 3.32. The summed E-state index contributed by atoms with van der Waals surface area (Å²) in [6.45, 7) is 11.0. The van der Waals surface area contributed by atoms with Gasteiger partial charge in [0, 0.05) is 25.3 Å². The molecule has 1 rings (SSSR count). The molecule has 0 amide bonds. The van der Waals surface area contributed by atoms with E-state index in [-0.39, 0.29) is 0 Å². The van der Waals surface area contributed by atoms with Crippen LogP contribution in [0, 0.1) is 11.8 Å². The van der Waals surface area contributed by atoms with Crippen molar-refractivity contribution in [3.63, 3.8) is 0 Å². The molecule has 2 nitrogen and oxygen atoms in total. The van der Waals surface area contributed by atoms with Crippen molar-refractivity contribution in [1.82, 2.24) is 5.32 Å². The van der Waals surface area contributed by atoms with Crippen LogP contribution in [0.3, 0.4) is 0 Å². The molecule has 1 aliphatic heterocycles. The molecule has 2 heteroatoms. The summed E-state index contributed by atoms with van der Waals surface area (Å²) >= 11 is 0. The van der Waals surface area contributed by atoms with Crippen LogP contribution in [-0.2, 0) is 4.74 Å².